The highest BCUT2D eigenvalue weighted by atomic mass is 16.5. The predicted molar refractivity (Wildman–Crippen MR) is 60.2 cm³/mol. The molecule has 0 aromatic heterocycles. The van der Waals surface area contributed by atoms with Gasteiger partial charge in [-0.05, 0) is 45.4 Å². The SMILES string of the molecule is CC1CC(C)C(OC(C)(C)C)C(N)C1. The van der Waals surface area contributed by atoms with Gasteiger partial charge in [0.25, 0.3) is 0 Å². The van der Waals surface area contributed by atoms with Crippen molar-refractivity contribution in [2.45, 2.75) is 65.2 Å². The molecule has 4 unspecified atom stereocenters. The predicted octanol–water partition coefficient (Wildman–Crippen LogP) is 2.56. The topological polar surface area (TPSA) is 35.2 Å². The third-order valence-electron chi connectivity index (χ3n) is 2.92. The van der Waals surface area contributed by atoms with Crippen LogP contribution in [0.25, 0.3) is 0 Å². The maximum Gasteiger partial charge on any atom is 0.0758 e. The summed E-state index contributed by atoms with van der Waals surface area (Å²) in [5.74, 6) is 1.34. The molecule has 0 spiro atoms. The second kappa shape index (κ2) is 4.19. The normalized spacial score (nSPS) is 39.9. The average molecular weight is 199 g/mol. The number of rotatable bonds is 1. The van der Waals surface area contributed by atoms with Crippen molar-refractivity contribution in [3.8, 4) is 0 Å². The lowest BCUT2D eigenvalue weighted by Crippen LogP contribution is -2.49. The van der Waals surface area contributed by atoms with Gasteiger partial charge in [-0.1, -0.05) is 13.8 Å². The minimum absolute atomic E-state index is 0.0723. The molecule has 0 saturated heterocycles. The van der Waals surface area contributed by atoms with Crippen molar-refractivity contribution < 1.29 is 4.74 Å². The molecule has 0 aliphatic heterocycles. The first-order chi connectivity index (χ1) is 6.29. The van der Waals surface area contributed by atoms with Crippen LogP contribution < -0.4 is 5.73 Å². The molecule has 1 rings (SSSR count). The molecule has 84 valence electrons. The first kappa shape index (κ1) is 12.0. The Bertz CT molecular complexity index is 173. The van der Waals surface area contributed by atoms with Crippen molar-refractivity contribution >= 4 is 0 Å². The van der Waals surface area contributed by atoms with Gasteiger partial charge in [-0.15, -0.1) is 0 Å². The third-order valence-corrected chi connectivity index (χ3v) is 2.92. The molecule has 1 saturated carbocycles. The Hall–Kier alpha value is -0.0800. The largest absolute Gasteiger partial charge is 0.371 e. The van der Waals surface area contributed by atoms with E-state index in [0.29, 0.717) is 5.92 Å². The summed E-state index contributed by atoms with van der Waals surface area (Å²) in [4.78, 5) is 0. The molecule has 0 heterocycles. The van der Waals surface area contributed by atoms with Gasteiger partial charge in [0.05, 0.1) is 11.7 Å². The Balaban J connectivity index is 2.58. The van der Waals surface area contributed by atoms with E-state index in [9.17, 15) is 0 Å². The summed E-state index contributed by atoms with van der Waals surface area (Å²) in [5, 5.41) is 0. The molecule has 1 aliphatic rings. The molecule has 2 heteroatoms. The van der Waals surface area contributed by atoms with E-state index in [1.54, 1.807) is 0 Å². The average Bonchev–Trinajstić information content (AvgIpc) is 1.95. The van der Waals surface area contributed by atoms with Crippen molar-refractivity contribution in [2.24, 2.45) is 17.6 Å². The quantitative estimate of drug-likeness (QED) is 0.704. The highest BCUT2D eigenvalue weighted by Gasteiger charge is 2.34. The first-order valence-electron chi connectivity index (χ1n) is 5.73. The summed E-state index contributed by atoms with van der Waals surface area (Å²) < 4.78 is 6.03. The van der Waals surface area contributed by atoms with Crippen LogP contribution in [-0.2, 0) is 4.74 Å². The number of hydrogen-bond donors (Lipinski definition) is 1. The lowest BCUT2D eigenvalue weighted by Gasteiger charge is -2.41. The smallest absolute Gasteiger partial charge is 0.0758 e. The summed E-state index contributed by atoms with van der Waals surface area (Å²) in [7, 11) is 0. The fourth-order valence-electron chi connectivity index (χ4n) is 2.50. The molecule has 0 aromatic carbocycles. The lowest BCUT2D eigenvalue weighted by molar-refractivity contribution is -0.109. The van der Waals surface area contributed by atoms with Crippen LogP contribution in [0, 0.1) is 11.8 Å². The van der Waals surface area contributed by atoms with Crippen LogP contribution in [0.2, 0.25) is 0 Å². The van der Waals surface area contributed by atoms with Crippen LogP contribution in [0.1, 0.15) is 47.5 Å². The fourth-order valence-corrected chi connectivity index (χ4v) is 2.50. The van der Waals surface area contributed by atoms with Gasteiger partial charge in [0, 0.05) is 6.04 Å². The van der Waals surface area contributed by atoms with Gasteiger partial charge in [-0.2, -0.15) is 0 Å². The summed E-state index contributed by atoms with van der Waals surface area (Å²) >= 11 is 0. The van der Waals surface area contributed by atoms with Crippen LogP contribution in [0.3, 0.4) is 0 Å². The lowest BCUT2D eigenvalue weighted by atomic mass is 9.78. The summed E-state index contributed by atoms with van der Waals surface area (Å²) in [6.07, 6.45) is 2.59. The van der Waals surface area contributed by atoms with E-state index in [1.807, 2.05) is 0 Å². The molecule has 14 heavy (non-hydrogen) atoms. The van der Waals surface area contributed by atoms with Gasteiger partial charge in [-0.25, -0.2) is 0 Å². The van der Waals surface area contributed by atoms with Crippen molar-refractivity contribution in [1.29, 1.82) is 0 Å². The number of ether oxygens (including phenoxy) is 1. The van der Waals surface area contributed by atoms with E-state index in [0.717, 1.165) is 12.3 Å². The summed E-state index contributed by atoms with van der Waals surface area (Å²) in [5.41, 5.74) is 6.07. The molecular formula is C12H25NO. The van der Waals surface area contributed by atoms with Gasteiger partial charge in [0.2, 0.25) is 0 Å². The highest BCUT2D eigenvalue weighted by molar-refractivity contribution is 4.87. The van der Waals surface area contributed by atoms with Crippen LogP contribution in [0.4, 0.5) is 0 Å². The molecule has 0 amide bonds. The fraction of sp³-hybridized carbons (Fsp3) is 1.00. The number of hydrogen-bond acceptors (Lipinski definition) is 2. The molecule has 0 aromatic rings. The molecule has 1 aliphatic carbocycles. The molecular weight excluding hydrogens is 174 g/mol. The molecule has 0 radical (unpaired) electrons. The molecule has 2 N–H and O–H groups in total. The van der Waals surface area contributed by atoms with Crippen LogP contribution in [0.5, 0.6) is 0 Å². The summed E-state index contributed by atoms with van der Waals surface area (Å²) in [6, 6.07) is 0.216. The van der Waals surface area contributed by atoms with Crippen molar-refractivity contribution in [3.63, 3.8) is 0 Å². The van der Waals surface area contributed by atoms with Crippen LogP contribution in [0.15, 0.2) is 0 Å². The van der Waals surface area contributed by atoms with E-state index in [1.165, 1.54) is 6.42 Å². The Kier molecular flexibility index (Phi) is 3.59. The minimum Gasteiger partial charge on any atom is -0.371 e. The molecule has 1 fully saturated rings. The van der Waals surface area contributed by atoms with Crippen molar-refractivity contribution in [1.82, 2.24) is 0 Å². The van der Waals surface area contributed by atoms with Gasteiger partial charge in [0.1, 0.15) is 0 Å². The zero-order valence-corrected chi connectivity index (χ0v) is 10.2. The van der Waals surface area contributed by atoms with Crippen LogP contribution >= 0.6 is 0 Å². The number of nitrogens with two attached hydrogens (primary N) is 1. The van der Waals surface area contributed by atoms with Crippen molar-refractivity contribution in [2.75, 3.05) is 0 Å². The second-order valence-corrected chi connectivity index (χ2v) is 5.91. The van der Waals surface area contributed by atoms with Crippen LogP contribution in [-0.4, -0.2) is 17.7 Å². The molecule has 2 nitrogen and oxygen atoms in total. The van der Waals surface area contributed by atoms with E-state index in [-0.39, 0.29) is 17.7 Å². The van der Waals surface area contributed by atoms with E-state index in [2.05, 4.69) is 34.6 Å². The van der Waals surface area contributed by atoms with Gasteiger partial charge < -0.3 is 10.5 Å². The maximum absolute atomic E-state index is 6.14. The Morgan fingerprint density at radius 2 is 1.71 bits per heavy atom. The third kappa shape index (κ3) is 3.25. The second-order valence-electron chi connectivity index (χ2n) is 5.91. The van der Waals surface area contributed by atoms with Gasteiger partial charge in [0.15, 0.2) is 0 Å². The van der Waals surface area contributed by atoms with E-state index in [4.69, 9.17) is 10.5 Å². The van der Waals surface area contributed by atoms with Crippen molar-refractivity contribution in [3.05, 3.63) is 0 Å². The maximum atomic E-state index is 6.14. The van der Waals surface area contributed by atoms with Gasteiger partial charge >= 0.3 is 0 Å². The Morgan fingerprint density at radius 3 is 2.14 bits per heavy atom. The van der Waals surface area contributed by atoms with Gasteiger partial charge in [-0.3, -0.25) is 0 Å². The monoisotopic (exact) mass is 199 g/mol. The Morgan fingerprint density at radius 1 is 1.14 bits per heavy atom. The van der Waals surface area contributed by atoms with E-state index >= 15 is 0 Å². The molecule has 0 bridgehead atoms. The minimum atomic E-state index is -0.0723. The van der Waals surface area contributed by atoms with E-state index < -0.39 is 0 Å². The zero-order chi connectivity index (χ0) is 10.9. The first-order valence-corrected chi connectivity index (χ1v) is 5.73. The summed E-state index contributed by atoms with van der Waals surface area (Å²) in [6.45, 7) is 10.8. The highest BCUT2D eigenvalue weighted by Crippen LogP contribution is 2.32. The standard InChI is InChI=1S/C12H25NO/c1-8-6-9(2)11(10(13)7-8)14-12(3,4)5/h8-11H,6-7,13H2,1-5H3. The zero-order valence-electron chi connectivity index (χ0n) is 10.2. The Labute approximate surface area is 88.2 Å². The molecule has 4 atom stereocenters.